The van der Waals surface area contributed by atoms with Crippen LogP contribution in [0.1, 0.15) is 102 Å². The van der Waals surface area contributed by atoms with Gasteiger partial charge in [0.25, 0.3) is 0 Å². The van der Waals surface area contributed by atoms with Crippen LogP contribution in [0.2, 0.25) is 0 Å². The molecule has 0 fully saturated rings. The van der Waals surface area contributed by atoms with Gasteiger partial charge in [-0.05, 0) is 126 Å². The van der Waals surface area contributed by atoms with E-state index in [0.29, 0.717) is 13.0 Å². The van der Waals surface area contributed by atoms with Crippen LogP contribution in [0, 0.1) is 0 Å². The lowest BCUT2D eigenvalue weighted by atomic mass is 9.81. The molecule has 0 saturated heterocycles. The number of carbonyl (C=O) groups excluding carboxylic acids is 1. The lowest BCUT2D eigenvalue weighted by Gasteiger charge is -2.26. The number of benzene rings is 4. The molecule has 0 aromatic heterocycles. The Hall–Kier alpha value is -4.58. The molecule has 4 aromatic carbocycles. The third-order valence-electron chi connectivity index (χ3n) is 10.9. The first-order valence-electron chi connectivity index (χ1n) is 18.5. The highest BCUT2D eigenvalue weighted by Crippen LogP contribution is 2.38. The van der Waals surface area contributed by atoms with Crippen LogP contribution in [0.4, 0.5) is 0 Å². The van der Waals surface area contributed by atoms with Crippen molar-refractivity contribution < 1.29 is 28.9 Å². The SMILES string of the molecule is CCOC(=O)CC1CCCc2cc(OC3Cc4ccccc4C3)ccc21.O=C(O)CC1CCCc2cc(OC3Cc4ccccc4C3)ccc21. The van der Waals surface area contributed by atoms with E-state index in [9.17, 15) is 9.59 Å². The van der Waals surface area contributed by atoms with E-state index in [1.165, 1.54) is 44.5 Å². The average molecular weight is 673 g/mol. The van der Waals surface area contributed by atoms with Gasteiger partial charge >= 0.3 is 11.9 Å². The van der Waals surface area contributed by atoms with Gasteiger partial charge in [-0.15, -0.1) is 0 Å². The molecule has 2 unspecified atom stereocenters. The van der Waals surface area contributed by atoms with Crippen LogP contribution in [0.5, 0.6) is 11.5 Å². The Morgan fingerprint density at radius 1 is 0.620 bits per heavy atom. The molecule has 0 saturated carbocycles. The van der Waals surface area contributed by atoms with Gasteiger partial charge in [0, 0.05) is 25.7 Å². The molecule has 6 heteroatoms. The molecule has 50 heavy (non-hydrogen) atoms. The smallest absolute Gasteiger partial charge is 0.306 e. The average Bonchev–Trinajstić information content (AvgIpc) is 3.71. The Bertz CT molecular complexity index is 1780. The molecule has 0 amide bonds. The Kier molecular flexibility index (Phi) is 10.5. The lowest BCUT2D eigenvalue weighted by molar-refractivity contribution is -0.143. The fourth-order valence-corrected chi connectivity index (χ4v) is 8.57. The van der Waals surface area contributed by atoms with E-state index in [1.54, 1.807) is 0 Å². The molecule has 0 spiro atoms. The lowest BCUT2D eigenvalue weighted by Crippen LogP contribution is -2.18. The van der Waals surface area contributed by atoms with Crippen LogP contribution in [0.3, 0.4) is 0 Å². The predicted molar refractivity (Wildman–Crippen MR) is 194 cm³/mol. The highest BCUT2D eigenvalue weighted by molar-refractivity contribution is 5.71. The zero-order chi connectivity index (χ0) is 34.5. The first kappa shape index (κ1) is 33.9. The van der Waals surface area contributed by atoms with E-state index < -0.39 is 5.97 Å². The fraction of sp³-hybridized carbons (Fsp3) is 0.409. The molecule has 4 aliphatic rings. The maximum Gasteiger partial charge on any atom is 0.306 e. The Morgan fingerprint density at radius 2 is 1.06 bits per heavy atom. The van der Waals surface area contributed by atoms with Crippen molar-refractivity contribution in [1.29, 1.82) is 0 Å². The summed E-state index contributed by atoms with van der Waals surface area (Å²) in [7, 11) is 0. The largest absolute Gasteiger partial charge is 0.490 e. The van der Waals surface area contributed by atoms with E-state index in [2.05, 4.69) is 78.9 Å². The summed E-state index contributed by atoms with van der Waals surface area (Å²) in [4.78, 5) is 22.9. The van der Waals surface area contributed by atoms with Crippen molar-refractivity contribution in [3.05, 3.63) is 129 Å². The van der Waals surface area contributed by atoms with Gasteiger partial charge in [0.2, 0.25) is 0 Å². The predicted octanol–water partition coefficient (Wildman–Crippen LogP) is 8.73. The number of rotatable bonds is 9. The van der Waals surface area contributed by atoms with Gasteiger partial charge in [-0.25, -0.2) is 0 Å². The van der Waals surface area contributed by atoms with Crippen molar-refractivity contribution >= 4 is 11.9 Å². The fourth-order valence-electron chi connectivity index (χ4n) is 8.57. The van der Waals surface area contributed by atoms with Crippen molar-refractivity contribution in [3.63, 3.8) is 0 Å². The van der Waals surface area contributed by atoms with Gasteiger partial charge in [0.05, 0.1) is 19.4 Å². The Labute approximate surface area is 295 Å². The van der Waals surface area contributed by atoms with Crippen molar-refractivity contribution in [1.82, 2.24) is 0 Å². The molecule has 0 bridgehead atoms. The normalized spacial score (nSPS) is 19.2. The number of aliphatic carboxylic acids is 1. The summed E-state index contributed by atoms with van der Waals surface area (Å²) < 4.78 is 17.7. The molecule has 2 atom stereocenters. The van der Waals surface area contributed by atoms with Gasteiger partial charge in [-0.2, -0.15) is 0 Å². The first-order valence-corrected chi connectivity index (χ1v) is 18.5. The van der Waals surface area contributed by atoms with Crippen LogP contribution >= 0.6 is 0 Å². The monoisotopic (exact) mass is 672 g/mol. The molecule has 6 nitrogen and oxygen atoms in total. The highest BCUT2D eigenvalue weighted by atomic mass is 16.5. The highest BCUT2D eigenvalue weighted by Gasteiger charge is 2.27. The van der Waals surface area contributed by atoms with E-state index >= 15 is 0 Å². The zero-order valence-corrected chi connectivity index (χ0v) is 29.1. The van der Waals surface area contributed by atoms with Gasteiger partial charge < -0.3 is 19.3 Å². The number of carboxylic acids is 1. The summed E-state index contributed by atoms with van der Waals surface area (Å²) in [5, 5.41) is 9.10. The molecule has 260 valence electrons. The van der Waals surface area contributed by atoms with Crippen LogP contribution in [0.15, 0.2) is 84.9 Å². The second-order valence-electron chi connectivity index (χ2n) is 14.3. The van der Waals surface area contributed by atoms with Crippen LogP contribution in [-0.2, 0) is 52.9 Å². The topological polar surface area (TPSA) is 82.1 Å². The molecule has 0 aliphatic heterocycles. The Balaban J connectivity index is 0.000000157. The number of esters is 1. The van der Waals surface area contributed by atoms with Gasteiger partial charge in [0.1, 0.15) is 23.7 Å². The molecule has 0 heterocycles. The minimum absolute atomic E-state index is 0.0885. The summed E-state index contributed by atoms with van der Waals surface area (Å²) in [6.07, 6.45) is 11.3. The maximum atomic E-state index is 11.9. The summed E-state index contributed by atoms with van der Waals surface area (Å²) in [5.74, 6) is 1.51. The van der Waals surface area contributed by atoms with Crippen LogP contribution in [0.25, 0.3) is 0 Å². The summed E-state index contributed by atoms with van der Waals surface area (Å²) in [6.45, 7) is 2.31. The summed E-state index contributed by atoms with van der Waals surface area (Å²) >= 11 is 0. The number of carboxylic acid groups (broad SMARTS) is 1. The summed E-state index contributed by atoms with van der Waals surface area (Å²) in [5.41, 5.74) is 10.7. The van der Waals surface area contributed by atoms with E-state index in [4.69, 9.17) is 19.3 Å². The molecule has 1 N–H and O–H groups in total. The Morgan fingerprint density at radius 3 is 1.48 bits per heavy atom. The molecular formula is C44H48O6. The molecule has 4 aliphatic carbocycles. The van der Waals surface area contributed by atoms with Crippen LogP contribution in [-0.4, -0.2) is 35.9 Å². The standard InChI is InChI=1S/C23H26O3.C21H22O3/c1-2-25-23(24)15-19-9-5-8-18-14-20(10-11-22(18)19)26-21-12-16-6-3-4-7-17(16)13-21;22-21(23)13-17-7-3-6-16-12-18(8-9-20(16)17)24-19-10-14-4-1-2-5-15(14)11-19/h3-4,6-7,10-11,14,19,21H,2,5,8-9,12-13,15H2,1H3;1-2,4-5,8-9,12,17,19H,3,6-7,10-11,13H2,(H,22,23). The number of carbonyl (C=O) groups is 2. The van der Waals surface area contributed by atoms with Gasteiger partial charge in [0.15, 0.2) is 0 Å². The van der Waals surface area contributed by atoms with Crippen molar-refractivity contribution in [3.8, 4) is 11.5 Å². The molecular weight excluding hydrogens is 624 g/mol. The minimum atomic E-state index is -0.711. The number of aryl methyl sites for hydroxylation is 2. The first-order chi connectivity index (χ1) is 24.4. The number of ether oxygens (including phenoxy) is 3. The van der Waals surface area contributed by atoms with Crippen molar-refractivity contribution in [2.24, 2.45) is 0 Å². The van der Waals surface area contributed by atoms with Gasteiger partial charge in [-0.1, -0.05) is 60.7 Å². The van der Waals surface area contributed by atoms with Crippen LogP contribution < -0.4 is 9.47 Å². The molecule has 0 radical (unpaired) electrons. The van der Waals surface area contributed by atoms with Crippen molar-refractivity contribution in [2.75, 3.05) is 6.61 Å². The minimum Gasteiger partial charge on any atom is -0.490 e. The second kappa shape index (κ2) is 15.5. The third-order valence-corrected chi connectivity index (χ3v) is 10.9. The second-order valence-corrected chi connectivity index (χ2v) is 14.3. The van der Waals surface area contributed by atoms with E-state index in [0.717, 1.165) is 75.7 Å². The van der Waals surface area contributed by atoms with Gasteiger partial charge in [-0.3, -0.25) is 9.59 Å². The zero-order valence-electron chi connectivity index (χ0n) is 29.1. The maximum absolute atomic E-state index is 11.9. The van der Waals surface area contributed by atoms with Crippen molar-refractivity contribution in [2.45, 2.75) is 108 Å². The molecule has 4 aromatic rings. The third kappa shape index (κ3) is 8.07. The quantitative estimate of drug-likeness (QED) is 0.179. The number of hydrogen-bond acceptors (Lipinski definition) is 5. The van der Waals surface area contributed by atoms with E-state index in [-0.39, 0.29) is 36.4 Å². The number of hydrogen-bond donors (Lipinski definition) is 1. The summed E-state index contributed by atoms with van der Waals surface area (Å²) in [6, 6.07) is 29.8. The van der Waals surface area contributed by atoms with E-state index in [1.807, 2.05) is 13.0 Å². The molecule has 8 rings (SSSR count). The number of fused-ring (bicyclic) bond motifs is 4.